The summed E-state index contributed by atoms with van der Waals surface area (Å²) >= 11 is 1.41. The van der Waals surface area contributed by atoms with Gasteiger partial charge in [0, 0.05) is 12.7 Å². The fourth-order valence-electron chi connectivity index (χ4n) is 2.02. The predicted molar refractivity (Wildman–Crippen MR) is 79.4 cm³/mol. The summed E-state index contributed by atoms with van der Waals surface area (Å²) in [7, 11) is 3.59. The first-order valence-electron chi connectivity index (χ1n) is 6.44. The van der Waals surface area contributed by atoms with E-state index in [0.29, 0.717) is 13.2 Å². The lowest BCUT2D eigenvalue weighted by molar-refractivity contribution is 0.145. The maximum absolute atomic E-state index is 5.80. The number of hydrogen-bond donors (Lipinski definition) is 1. The largest absolute Gasteiger partial charge is 0.491 e. The Morgan fingerprint density at radius 2 is 2.10 bits per heavy atom. The van der Waals surface area contributed by atoms with E-state index in [0.717, 1.165) is 21.9 Å². The van der Waals surface area contributed by atoms with E-state index in [1.165, 1.54) is 11.5 Å². The fourth-order valence-corrected chi connectivity index (χ4v) is 2.79. The first kappa shape index (κ1) is 14.9. The molecule has 0 amide bonds. The van der Waals surface area contributed by atoms with Crippen LogP contribution in [0.1, 0.15) is 22.2 Å². The van der Waals surface area contributed by atoms with Crippen LogP contribution in [0.3, 0.4) is 0 Å². The summed E-state index contributed by atoms with van der Waals surface area (Å²) in [5, 5.41) is 7.40. The van der Waals surface area contributed by atoms with Crippen molar-refractivity contribution in [2.45, 2.75) is 13.0 Å². The second-order valence-electron chi connectivity index (χ2n) is 4.32. The molecule has 0 bridgehead atoms. The van der Waals surface area contributed by atoms with Gasteiger partial charge in [-0.1, -0.05) is 22.7 Å². The summed E-state index contributed by atoms with van der Waals surface area (Å²) in [6.45, 7) is 3.07. The van der Waals surface area contributed by atoms with E-state index in [4.69, 9.17) is 9.47 Å². The minimum absolute atomic E-state index is 0.0359. The first-order chi connectivity index (χ1) is 9.77. The first-order valence-corrected chi connectivity index (χ1v) is 7.22. The van der Waals surface area contributed by atoms with Gasteiger partial charge in [-0.15, -0.1) is 5.10 Å². The molecule has 1 N–H and O–H groups in total. The van der Waals surface area contributed by atoms with E-state index < -0.39 is 0 Å². The normalized spacial score (nSPS) is 12.3. The number of aryl methyl sites for hydroxylation is 1. The van der Waals surface area contributed by atoms with Crippen LogP contribution >= 0.6 is 11.5 Å². The minimum atomic E-state index is 0.0359. The molecule has 1 aromatic carbocycles. The Hall–Kier alpha value is -1.50. The fraction of sp³-hybridized carbons (Fsp3) is 0.429. The van der Waals surface area contributed by atoms with Gasteiger partial charge in [0.05, 0.1) is 23.2 Å². The molecule has 108 valence electrons. The number of ether oxygens (including phenoxy) is 2. The van der Waals surface area contributed by atoms with Crippen LogP contribution in [0.25, 0.3) is 0 Å². The van der Waals surface area contributed by atoms with Crippen molar-refractivity contribution < 1.29 is 9.47 Å². The standard InChI is InChI=1S/C14H19N3O2S/c1-10-14(20-17-16-10)13(15-2)11-6-4-5-7-12(11)19-9-8-18-3/h4-7,13,15H,8-9H2,1-3H3. The Bertz CT molecular complexity index is 545. The van der Waals surface area contributed by atoms with Gasteiger partial charge in [0.25, 0.3) is 0 Å². The van der Waals surface area contributed by atoms with Crippen molar-refractivity contribution >= 4 is 11.5 Å². The molecule has 1 heterocycles. The molecule has 20 heavy (non-hydrogen) atoms. The van der Waals surface area contributed by atoms with Gasteiger partial charge < -0.3 is 14.8 Å². The zero-order chi connectivity index (χ0) is 14.4. The molecule has 2 rings (SSSR count). The topological polar surface area (TPSA) is 56.3 Å². The Kier molecular flexibility index (Phi) is 5.46. The van der Waals surface area contributed by atoms with Crippen molar-refractivity contribution in [1.29, 1.82) is 0 Å². The van der Waals surface area contributed by atoms with Crippen molar-refractivity contribution in [3.63, 3.8) is 0 Å². The lowest BCUT2D eigenvalue weighted by Gasteiger charge is -2.19. The summed E-state index contributed by atoms with van der Waals surface area (Å²) in [5.41, 5.74) is 2.03. The molecule has 1 unspecified atom stereocenters. The number of nitrogens with zero attached hydrogens (tertiary/aromatic N) is 2. The molecular formula is C14H19N3O2S. The smallest absolute Gasteiger partial charge is 0.124 e. The number of aromatic nitrogens is 2. The number of hydrogen-bond acceptors (Lipinski definition) is 6. The highest BCUT2D eigenvalue weighted by Gasteiger charge is 2.20. The molecule has 0 aliphatic carbocycles. The molecule has 0 spiro atoms. The van der Waals surface area contributed by atoms with Crippen LogP contribution in [0.4, 0.5) is 0 Å². The van der Waals surface area contributed by atoms with E-state index in [-0.39, 0.29) is 6.04 Å². The number of rotatable bonds is 7. The Morgan fingerprint density at radius 3 is 2.75 bits per heavy atom. The predicted octanol–water partition coefficient (Wildman–Crippen LogP) is 2.18. The summed E-state index contributed by atoms with van der Waals surface area (Å²) in [4.78, 5) is 1.11. The van der Waals surface area contributed by atoms with E-state index >= 15 is 0 Å². The molecule has 0 radical (unpaired) electrons. The van der Waals surface area contributed by atoms with Gasteiger partial charge in [0.1, 0.15) is 12.4 Å². The van der Waals surface area contributed by atoms with Gasteiger partial charge >= 0.3 is 0 Å². The number of nitrogens with one attached hydrogen (secondary N) is 1. The molecule has 0 fully saturated rings. The van der Waals surface area contributed by atoms with Crippen molar-refractivity contribution in [3.8, 4) is 5.75 Å². The van der Waals surface area contributed by atoms with Gasteiger partial charge in [-0.05, 0) is 31.6 Å². The molecule has 0 aliphatic heterocycles. The quantitative estimate of drug-likeness (QED) is 0.793. The zero-order valence-corrected chi connectivity index (χ0v) is 12.7. The summed E-state index contributed by atoms with van der Waals surface area (Å²) < 4.78 is 14.8. The summed E-state index contributed by atoms with van der Waals surface area (Å²) in [6, 6.07) is 8.04. The maximum Gasteiger partial charge on any atom is 0.124 e. The van der Waals surface area contributed by atoms with Crippen LogP contribution in [0.2, 0.25) is 0 Å². The van der Waals surface area contributed by atoms with E-state index in [9.17, 15) is 0 Å². The minimum Gasteiger partial charge on any atom is -0.491 e. The Labute approximate surface area is 123 Å². The third kappa shape index (κ3) is 3.33. The molecule has 0 saturated heterocycles. The molecule has 1 atom stereocenters. The highest BCUT2D eigenvalue weighted by atomic mass is 32.1. The average Bonchev–Trinajstić information content (AvgIpc) is 2.88. The zero-order valence-electron chi connectivity index (χ0n) is 11.9. The van der Waals surface area contributed by atoms with Crippen molar-refractivity contribution in [2.24, 2.45) is 0 Å². The summed E-state index contributed by atoms with van der Waals surface area (Å²) in [6.07, 6.45) is 0. The van der Waals surface area contributed by atoms with Crippen LogP contribution in [0.5, 0.6) is 5.75 Å². The van der Waals surface area contributed by atoms with Crippen molar-refractivity contribution in [3.05, 3.63) is 40.4 Å². The van der Waals surface area contributed by atoms with E-state index in [1.54, 1.807) is 7.11 Å². The van der Waals surface area contributed by atoms with Gasteiger partial charge in [-0.25, -0.2) is 0 Å². The van der Waals surface area contributed by atoms with Gasteiger partial charge in [-0.3, -0.25) is 0 Å². The highest BCUT2D eigenvalue weighted by Crippen LogP contribution is 2.32. The van der Waals surface area contributed by atoms with Crippen LogP contribution in [0.15, 0.2) is 24.3 Å². The second kappa shape index (κ2) is 7.33. The van der Waals surface area contributed by atoms with Crippen molar-refractivity contribution in [2.75, 3.05) is 27.4 Å². The third-order valence-corrected chi connectivity index (χ3v) is 3.90. The molecule has 0 aliphatic rings. The van der Waals surface area contributed by atoms with Crippen LogP contribution in [-0.4, -0.2) is 37.0 Å². The molecule has 2 aromatic rings. The van der Waals surface area contributed by atoms with Crippen LogP contribution < -0.4 is 10.1 Å². The SMILES string of the molecule is CNC(c1ccccc1OCCOC)c1snnc1C. The molecule has 1 aromatic heterocycles. The maximum atomic E-state index is 5.80. The summed E-state index contributed by atoms with van der Waals surface area (Å²) in [5.74, 6) is 0.858. The molecule has 0 saturated carbocycles. The molecule has 6 heteroatoms. The van der Waals surface area contributed by atoms with Crippen molar-refractivity contribution in [1.82, 2.24) is 14.9 Å². The second-order valence-corrected chi connectivity index (χ2v) is 5.11. The number of para-hydroxylation sites is 1. The van der Waals surface area contributed by atoms with Crippen LogP contribution in [-0.2, 0) is 4.74 Å². The van der Waals surface area contributed by atoms with E-state index in [1.807, 2.05) is 32.2 Å². The van der Waals surface area contributed by atoms with E-state index in [2.05, 4.69) is 21.0 Å². The van der Waals surface area contributed by atoms with Gasteiger partial charge in [0.2, 0.25) is 0 Å². The Morgan fingerprint density at radius 1 is 1.30 bits per heavy atom. The monoisotopic (exact) mass is 293 g/mol. The lowest BCUT2D eigenvalue weighted by atomic mass is 10.0. The lowest BCUT2D eigenvalue weighted by Crippen LogP contribution is -2.19. The Balaban J connectivity index is 2.28. The van der Waals surface area contributed by atoms with Crippen LogP contribution in [0, 0.1) is 6.92 Å². The molecular weight excluding hydrogens is 274 g/mol. The third-order valence-electron chi connectivity index (χ3n) is 3.01. The number of benzene rings is 1. The van der Waals surface area contributed by atoms with Gasteiger partial charge in [-0.2, -0.15) is 0 Å². The molecule has 5 nitrogen and oxygen atoms in total. The van der Waals surface area contributed by atoms with Gasteiger partial charge in [0.15, 0.2) is 0 Å². The number of methoxy groups -OCH3 is 1. The highest BCUT2D eigenvalue weighted by molar-refractivity contribution is 7.05. The average molecular weight is 293 g/mol.